The third-order valence-corrected chi connectivity index (χ3v) is 4.04. The lowest BCUT2D eigenvalue weighted by molar-refractivity contribution is 0.0695. The molecule has 3 aromatic rings. The van der Waals surface area contributed by atoms with Crippen LogP contribution in [0.2, 0.25) is 0 Å². The number of benzene rings is 2. The molecule has 0 aliphatic carbocycles. The standard InChI is InChI=1S/C19H12F2N2O5/c20-11-5-10(6-12(21)7-11)8-1-3-9(4-2-8)13-14(18(25)26)16(22)23-17(24)15(13)19(27)28/h1-7H,(H,25,26)(H,27,28)(H3,22,23,24). The minimum Gasteiger partial charge on any atom is -0.478 e. The van der Waals surface area contributed by atoms with Gasteiger partial charge in [-0.2, -0.15) is 0 Å². The Hall–Kier alpha value is -4.01. The van der Waals surface area contributed by atoms with E-state index < -0.39 is 46.1 Å². The molecule has 2 aromatic carbocycles. The van der Waals surface area contributed by atoms with Crippen LogP contribution in [0.25, 0.3) is 22.3 Å². The van der Waals surface area contributed by atoms with E-state index in [9.17, 15) is 33.4 Å². The van der Waals surface area contributed by atoms with Crippen LogP contribution in [-0.4, -0.2) is 27.1 Å². The lowest BCUT2D eigenvalue weighted by atomic mass is 9.94. The number of anilines is 1. The molecule has 0 saturated carbocycles. The van der Waals surface area contributed by atoms with Crippen LogP contribution >= 0.6 is 0 Å². The Morgan fingerprint density at radius 3 is 1.82 bits per heavy atom. The predicted molar refractivity (Wildman–Crippen MR) is 96.2 cm³/mol. The summed E-state index contributed by atoms with van der Waals surface area (Å²) in [5.41, 5.74) is 3.52. The van der Waals surface area contributed by atoms with Crippen LogP contribution in [0.1, 0.15) is 20.7 Å². The zero-order valence-corrected chi connectivity index (χ0v) is 14.0. The van der Waals surface area contributed by atoms with Gasteiger partial charge in [-0.25, -0.2) is 18.4 Å². The molecular formula is C19H12F2N2O5. The van der Waals surface area contributed by atoms with E-state index in [0.29, 0.717) is 5.56 Å². The van der Waals surface area contributed by atoms with Crippen molar-refractivity contribution in [1.82, 2.24) is 4.98 Å². The summed E-state index contributed by atoms with van der Waals surface area (Å²) in [6.45, 7) is 0. The molecule has 142 valence electrons. The lowest BCUT2D eigenvalue weighted by Gasteiger charge is -2.12. The second-order valence-electron chi connectivity index (χ2n) is 5.84. The van der Waals surface area contributed by atoms with E-state index in [4.69, 9.17) is 5.73 Å². The molecule has 1 heterocycles. The van der Waals surface area contributed by atoms with Gasteiger partial charge in [0, 0.05) is 11.6 Å². The van der Waals surface area contributed by atoms with Gasteiger partial charge in [0.05, 0.1) is 0 Å². The van der Waals surface area contributed by atoms with E-state index in [1.54, 1.807) is 0 Å². The first-order valence-electron chi connectivity index (χ1n) is 7.78. The number of aromatic amines is 1. The second kappa shape index (κ2) is 6.95. The summed E-state index contributed by atoms with van der Waals surface area (Å²) in [5, 5.41) is 18.8. The van der Waals surface area contributed by atoms with E-state index in [-0.39, 0.29) is 16.7 Å². The van der Waals surface area contributed by atoms with Crippen molar-refractivity contribution in [3.05, 3.63) is 75.6 Å². The largest absolute Gasteiger partial charge is 0.478 e. The molecule has 0 aliphatic rings. The van der Waals surface area contributed by atoms with Crippen molar-refractivity contribution in [2.75, 3.05) is 5.73 Å². The molecule has 0 amide bonds. The number of nitrogen functional groups attached to an aromatic ring is 1. The van der Waals surface area contributed by atoms with Crippen LogP contribution in [0, 0.1) is 11.6 Å². The van der Waals surface area contributed by atoms with Crippen LogP contribution in [-0.2, 0) is 0 Å². The van der Waals surface area contributed by atoms with Crippen molar-refractivity contribution in [3.63, 3.8) is 0 Å². The first-order chi connectivity index (χ1) is 13.2. The fraction of sp³-hybridized carbons (Fsp3) is 0. The summed E-state index contributed by atoms with van der Waals surface area (Å²) in [5.74, 6) is -5.20. The fourth-order valence-corrected chi connectivity index (χ4v) is 2.89. The molecule has 0 aliphatic heterocycles. The first kappa shape index (κ1) is 18.8. The molecule has 0 spiro atoms. The zero-order chi connectivity index (χ0) is 20.6. The highest BCUT2D eigenvalue weighted by Crippen LogP contribution is 2.31. The third kappa shape index (κ3) is 3.32. The maximum Gasteiger partial charge on any atom is 0.342 e. The van der Waals surface area contributed by atoms with Gasteiger partial charge < -0.3 is 20.9 Å². The van der Waals surface area contributed by atoms with E-state index in [1.165, 1.54) is 24.3 Å². The van der Waals surface area contributed by atoms with Crippen molar-refractivity contribution in [1.29, 1.82) is 0 Å². The van der Waals surface area contributed by atoms with Crippen LogP contribution < -0.4 is 11.3 Å². The predicted octanol–water partition coefficient (Wildman–Crippen LogP) is 2.97. The van der Waals surface area contributed by atoms with Crippen LogP contribution in [0.4, 0.5) is 14.6 Å². The Labute approximate surface area is 155 Å². The number of nitrogens with one attached hydrogen (secondary N) is 1. The topological polar surface area (TPSA) is 133 Å². The van der Waals surface area contributed by atoms with E-state index in [0.717, 1.165) is 18.2 Å². The lowest BCUT2D eigenvalue weighted by Crippen LogP contribution is -2.24. The molecule has 3 rings (SSSR count). The van der Waals surface area contributed by atoms with Crippen molar-refractivity contribution in [2.45, 2.75) is 0 Å². The van der Waals surface area contributed by atoms with E-state index in [1.807, 2.05) is 4.98 Å². The van der Waals surface area contributed by atoms with E-state index >= 15 is 0 Å². The highest BCUT2D eigenvalue weighted by Gasteiger charge is 2.26. The molecule has 5 N–H and O–H groups in total. The quantitative estimate of drug-likeness (QED) is 0.545. The van der Waals surface area contributed by atoms with Gasteiger partial charge in [0.1, 0.15) is 28.6 Å². The number of nitrogens with two attached hydrogens (primary N) is 1. The fourth-order valence-electron chi connectivity index (χ4n) is 2.89. The van der Waals surface area contributed by atoms with Gasteiger partial charge in [-0.1, -0.05) is 24.3 Å². The monoisotopic (exact) mass is 386 g/mol. The Kier molecular flexibility index (Phi) is 4.66. The van der Waals surface area contributed by atoms with Gasteiger partial charge in [-0.3, -0.25) is 4.79 Å². The van der Waals surface area contributed by atoms with Gasteiger partial charge in [0.2, 0.25) is 0 Å². The highest BCUT2D eigenvalue weighted by atomic mass is 19.1. The zero-order valence-electron chi connectivity index (χ0n) is 14.0. The number of halogens is 2. The first-order valence-corrected chi connectivity index (χ1v) is 7.78. The van der Waals surface area contributed by atoms with Gasteiger partial charge >= 0.3 is 11.9 Å². The van der Waals surface area contributed by atoms with Crippen molar-refractivity contribution in [2.24, 2.45) is 0 Å². The van der Waals surface area contributed by atoms with Gasteiger partial charge in [-0.05, 0) is 28.8 Å². The van der Waals surface area contributed by atoms with Crippen LogP contribution in [0.5, 0.6) is 0 Å². The van der Waals surface area contributed by atoms with Gasteiger partial charge in [0.25, 0.3) is 5.56 Å². The van der Waals surface area contributed by atoms with Gasteiger partial charge in [-0.15, -0.1) is 0 Å². The van der Waals surface area contributed by atoms with Crippen LogP contribution in [0.15, 0.2) is 47.3 Å². The highest BCUT2D eigenvalue weighted by molar-refractivity contribution is 6.07. The summed E-state index contributed by atoms with van der Waals surface area (Å²) in [7, 11) is 0. The number of carbonyl (C=O) groups is 2. The molecule has 0 fully saturated rings. The smallest absolute Gasteiger partial charge is 0.342 e. The van der Waals surface area contributed by atoms with Gasteiger partial charge in [0.15, 0.2) is 0 Å². The Morgan fingerprint density at radius 1 is 0.821 bits per heavy atom. The molecule has 0 bridgehead atoms. The minimum atomic E-state index is -1.63. The van der Waals surface area contributed by atoms with E-state index in [2.05, 4.69) is 0 Å². The molecule has 0 radical (unpaired) electrons. The average molecular weight is 386 g/mol. The number of aromatic nitrogens is 1. The summed E-state index contributed by atoms with van der Waals surface area (Å²) in [4.78, 5) is 37.1. The third-order valence-electron chi connectivity index (χ3n) is 4.04. The number of carboxylic acids is 2. The minimum absolute atomic E-state index is 0.0909. The molecule has 9 heteroatoms. The molecule has 0 saturated heterocycles. The van der Waals surface area contributed by atoms with Crippen molar-refractivity contribution >= 4 is 17.8 Å². The number of hydrogen-bond donors (Lipinski definition) is 4. The Morgan fingerprint density at radius 2 is 1.32 bits per heavy atom. The summed E-state index contributed by atoms with van der Waals surface area (Å²) >= 11 is 0. The Bertz CT molecular complexity index is 1150. The summed E-state index contributed by atoms with van der Waals surface area (Å²) in [6.07, 6.45) is 0. The van der Waals surface area contributed by atoms with Crippen molar-refractivity contribution in [3.8, 4) is 22.3 Å². The maximum atomic E-state index is 13.4. The number of carboxylic acid groups (broad SMARTS) is 2. The van der Waals surface area contributed by atoms with Crippen molar-refractivity contribution < 1.29 is 28.6 Å². The molecular weight excluding hydrogens is 374 g/mol. The maximum absolute atomic E-state index is 13.4. The molecule has 7 nitrogen and oxygen atoms in total. The molecule has 0 atom stereocenters. The number of hydrogen-bond acceptors (Lipinski definition) is 4. The number of pyridine rings is 1. The normalized spacial score (nSPS) is 10.6. The SMILES string of the molecule is Nc1[nH]c(=O)c(C(=O)O)c(-c2ccc(-c3cc(F)cc(F)c3)cc2)c1C(=O)O. The summed E-state index contributed by atoms with van der Waals surface area (Å²) in [6, 6.07) is 8.44. The number of rotatable bonds is 4. The van der Waals surface area contributed by atoms with Crippen LogP contribution in [0.3, 0.4) is 0 Å². The average Bonchev–Trinajstić information content (AvgIpc) is 2.59. The molecule has 28 heavy (non-hydrogen) atoms. The molecule has 1 aromatic heterocycles. The summed E-state index contributed by atoms with van der Waals surface area (Å²) < 4.78 is 26.8. The number of aromatic carboxylic acids is 2. The molecule has 0 unspecified atom stereocenters. The Balaban J connectivity index is 2.23. The number of H-pyrrole nitrogens is 1. The second-order valence-corrected chi connectivity index (χ2v) is 5.84.